The normalized spacial score (nSPS) is 18.1. The van der Waals surface area contributed by atoms with Gasteiger partial charge in [-0.2, -0.15) is 0 Å². The Labute approximate surface area is 129 Å². The van der Waals surface area contributed by atoms with Gasteiger partial charge in [0.05, 0.1) is 6.42 Å². The van der Waals surface area contributed by atoms with Gasteiger partial charge >= 0.3 is 5.97 Å². The molecule has 1 N–H and O–H groups in total. The quantitative estimate of drug-likeness (QED) is 0.821. The van der Waals surface area contributed by atoms with Gasteiger partial charge < -0.3 is 10.0 Å². The van der Waals surface area contributed by atoms with Gasteiger partial charge in [-0.25, -0.2) is 4.39 Å². The van der Waals surface area contributed by atoms with E-state index in [1.54, 1.807) is 0 Å². The zero-order valence-electron chi connectivity index (χ0n) is 12.8. The molecule has 0 aliphatic carbocycles. The highest BCUT2D eigenvalue weighted by Gasteiger charge is 2.27. The van der Waals surface area contributed by atoms with Crippen LogP contribution in [-0.2, 0) is 4.79 Å². The number of hydrogen-bond acceptors (Lipinski definition) is 3. The van der Waals surface area contributed by atoms with Gasteiger partial charge in [-0.05, 0) is 56.1 Å². The Morgan fingerprint density at radius 2 is 1.86 bits per heavy atom. The van der Waals surface area contributed by atoms with E-state index in [4.69, 9.17) is 5.11 Å². The van der Waals surface area contributed by atoms with Gasteiger partial charge in [-0.1, -0.05) is 6.92 Å². The predicted octanol–water partition coefficient (Wildman–Crippen LogP) is 2.83. The van der Waals surface area contributed by atoms with Crippen LogP contribution in [-0.4, -0.2) is 41.4 Å². The number of likely N-dealkylation sites (tertiary alicyclic amines) is 1. The number of carbonyl (C=O) groups is 2. The van der Waals surface area contributed by atoms with Crippen LogP contribution in [0.2, 0.25) is 0 Å². The third kappa shape index (κ3) is 4.63. The van der Waals surface area contributed by atoms with E-state index in [0.717, 1.165) is 25.9 Å². The lowest BCUT2D eigenvalue weighted by Gasteiger charge is -2.32. The third-order valence-electron chi connectivity index (χ3n) is 4.28. The molecule has 1 fully saturated rings. The van der Waals surface area contributed by atoms with Gasteiger partial charge in [0, 0.05) is 18.0 Å². The van der Waals surface area contributed by atoms with Crippen LogP contribution in [0.15, 0.2) is 24.3 Å². The summed E-state index contributed by atoms with van der Waals surface area (Å²) in [5.74, 6) is -1.51. The predicted molar refractivity (Wildman–Crippen MR) is 81.3 cm³/mol. The monoisotopic (exact) mass is 307 g/mol. The van der Waals surface area contributed by atoms with Gasteiger partial charge in [0.1, 0.15) is 5.82 Å². The number of Topliss-reactive ketones (excluding diaryl/α,β-unsaturated/α-hetero) is 1. The first-order chi connectivity index (χ1) is 10.5. The first-order valence-electron chi connectivity index (χ1n) is 7.69. The lowest BCUT2D eigenvalue weighted by Crippen LogP contribution is -2.39. The number of nitrogens with zero attached hydrogens (tertiary/aromatic N) is 1. The number of aliphatic carboxylic acids is 1. The fourth-order valence-electron chi connectivity index (χ4n) is 2.86. The number of piperidine rings is 1. The first kappa shape index (κ1) is 16.6. The van der Waals surface area contributed by atoms with Crippen LogP contribution < -0.4 is 0 Å². The summed E-state index contributed by atoms with van der Waals surface area (Å²) in [5, 5.41) is 9.06. The molecule has 4 nitrogen and oxygen atoms in total. The molecule has 0 radical (unpaired) electrons. The number of hydrogen-bond donors (Lipinski definition) is 1. The Morgan fingerprint density at radius 3 is 2.41 bits per heavy atom. The van der Waals surface area contributed by atoms with Gasteiger partial charge in [0.25, 0.3) is 0 Å². The van der Waals surface area contributed by atoms with E-state index < -0.39 is 17.7 Å². The summed E-state index contributed by atoms with van der Waals surface area (Å²) in [5.41, 5.74) is 0.373. The first-order valence-corrected chi connectivity index (χ1v) is 7.69. The lowest BCUT2D eigenvalue weighted by atomic mass is 9.92. The van der Waals surface area contributed by atoms with E-state index in [1.807, 2.05) is 0 Å². The molecule has 120 valence electrons. The molecule has 1 saturated heterocycles. The Hall–Kier alpha value is -1.75. The largest absolute Gasteiger partial charge is 0.481 e. The van der Waals surface area contributed by atoms with Crippen molar-refractivity contribution in [3.05, 3.63) is 35.6 Å². The maximum Gasteiger partial charge on any atom is 0.304 e. The molecule has 1 aromatic carbocycles. The Balaban J connectivity index is 2.06. The van der Waals surface area contributed by atoms with Crippen LogP contribution in [0.4, 0.5) is 4.39 Å². The summed E-state index contributed by atoms with van der Waals surface area (Å²) in [7, 11) is 0. The second-order valence-electron chi connectivity index (χ2n) is 6.15. The fourth-order valence-corrected chi connectivity index (χ4v) is 2.86. The molecule has 2 rings (SSSR count). The topological polar surface area (TPSA) is 57.6 Å². The van der Waals surface area contributed by atoms with Crippen molar-refractivity contribution in [3.8, 4) is 0 Å². The van der Waals surface area contributed by atoms with Crippen LogP contribution in [0.25, 0.3) is 0 Å². The summed E-state index contributed by atoms with van der Waals surface area (Å²) in [4.78, 5) is 25.7. The molecular weight excluding hydrogens is 285 g/mol. The van der Waals surface area contributed by atoms with Gasteiger partial charge in [0.15, 0.2) is 5.78 Å². The molecule has 1 atom stereocenters. The molecule has 1 unspecified atom stereocenters. The summed E-state index contributed by atoms with van der Waals surface area (Å²) in [6.45, 7) is 4.45. The molecule has 0 amide bonds. The Morgan fingerprint density at radius 1 is 1.27 bits per heavy atom. The maximum atomic E-state index is 13.0. The van der Waals surface area contributed by atoms with Crippen molar-refractivity contribution in [2.24, 2.45) is 11.8 Å². The van der Waals surface area contributed by atoms with Crippen LogP contribution in [0, 0.1) is 17.7 Å². The molecule has 5 heteroatoms. The zero-order chi connectivity index (χ0) is 16.1. The van der Waals surface area contributed by atoms with E-state index in [2.05, 4.69) is 11.8 Å². The highest BCUT2D eigenvalue weighted by atomic mass is 19.1. The minimum absolute atomic E-state index is 0.192. The van der Waals surface area contributed by atoms with Crippen molar-refractivity contribution < 1.29 is 19.1 Å². The van der Waals surface area contributed by atoms with Gasteiger partial charge in [-0.15, -0.1) is 0 Å². The summed E-state index contributed by atoms with van der Waals surface area (Å²) < 4.78 is 13.0. The molecular formula is C17H22FNO3. The molecule has 1 aliphatic rings. The highest BCUT2D eigenvalue weighted by molar-refractivity contribution is 5.99. The molecule has 0 bridgehead atoms. The van der Waals surface area contributed by atoms with Crippen LogP contribution in [0.5, 0.6) is 0 Å². The molecule has 0 spiro atoms. The van der Waals surface area contributed by atoms with E-state index in [9.17, 15) is 14.0 Å². The number of carboxylic acid groups (broad SMARTS) is 1. The number of carboxylic acids is 1. The van der Waals surface area contributed by atoms with E-state index in [1.165, 1.54) is 24.3 Å². The molecule has 0 aromatic heterocycles. The average molecular weight is 307 g/mol. The fraction of sp³-hybridized carbons (Fsp3) is 0.529. The second-order valence-corrected chi connectivity index (χ2v) is 6.15. The number of benzene rings is 1. The smallest absolute Gasteiger partial charge is 0.304 e. The Bertz CT molecular complexity index is 521. The summed E-state index contributed by atoms with van der Waals surface area (Å²) in [6.07, 6.45) is 1.96. The molecule has 22 heavy (non-hydrogen) atoms. The number of halogens is 1. The van der Waals surface area contributed by atoms with E-state index in [0.29, 0.717) is 18.0 Å². The lowest BCUT2D eigenvalue weighted by molar-refractivity contribution is -0.137. The van der Waals surface area contributed by atoms with Crippen LogP contribution in [0.3, 0.4) is 0 Å². The molecule has 1 aliphatic heterocycles. The zero-order valence-corrected chi connectivity index (χ0v) is 12.8. The minimum Gasteiger partial charge on any atom is -0.481 e. The SMILES string of the molecule is CC1CCN(CC(CC(=O)O)C(=O)c2ccc(F)cc2)CC1. The standard InChI is InChI=1S/C17H22FNO3/c1-12-6-8-19(9-7-12)11-14(10-16(20)21)17(22)13-2-4-15(18)5-3-13/h2-5,12,14H,6-11H2,1H3,(H,20,21). The molecule has 1 aromatic rings. The second kappa shape index (κ2) is 7.49. The number of ketones is 1. The molecule has 0 saturated carbocycles. The van der Waals surface area contributed by atoms with Crippen molar-refractivity contribution in [1.29, 1.82) is 0 Å². The van der Waals surface area contributed by atoms with Crippen molar-refractivity contribution in [2.75, 3.05) is 19.6 Å². The maximum absolute atomic E-state index is 13.0. The van der Waals surface area contributed by atoms with Gasteiger partial charge in [-0.3, -0.25) is 9.59 Å². The van der Waals surface area contributed by atoms with Crippen LogP contribution >= 0.6 is 0 Å². The van der Waals surface area contributed by atoms with Crippen LogP contribution in [0.1, 0.15) is 36.5 Å². The average Bonchev–Trinajstić information content (AvgIpc) is 2.48. The third-order valence-corrected chi connectivity index (χ3v) is 4.28. The van der Waals surface area contributed by atoms with Crippen molar-refractivity contribution in [2.45, 2.75) is 26.2 Å². The molecule has 1 heterocycles. The minimum atomic E-state index is -0.981. The number of carbonyl (C=O) groups excluding carboxylic acids is 1. The Kier molecular flexibility index (Phi) is 5.66. The summed E-state index contributed by atoms with van der Waals surface area (Å²) >= 11 is 0. The van der Waals surface area contributed by atoms with E-state index >= 15 is 0 Å². The van der Waals surface area contributed by atoms with Gasteiger partial charge in [0.2, 0.25) is 0 Å². The number of rotatable bonds is 6. The summed E-state index contributed by atoms with van der Waals surface area (Å²) in [6, 6.07) is 5.30. The highest BCUT2D eigenvalue weighted by Crippen LogP contribution is 2.20. The van der Waals surface area contributed by atoms with Crippen molar-refractivity contribution >= 4 is 11.8 Å². The van der Waals surface area contributed by atoms with E-state index in [-0.39, 0.29) is 12.2 Å². The van der Waals surface area contributed by atoms with Crippen molar-refractivity contribution in [1.82, 2.24) is 4.90 Å². The van der Waals surface area contributed by atoms with Crippen molar-refractivity contribution in [3.63, 3.8) is 0 Å².